The number of hydrogen-bond donors (Lipinski definition) is 1. The first-order valence-electron chi connectivity index (χ1n) is 8.16. The third kappa shape index (κ3) is 3.20. The molecule has 0 bridgehead atoms. The Morgan fingerprint density at radius 2 is 1.74 bits per heavy atom. The highest BCUT2D eigenvalue weighted by atomic mass is 32.1. The van der Waals surface area contributed by atoms with Gasteiger partial charge in [0.05, 0.1) is 12.1 Å². The van der Waals surface area contributed by atoms with E-state index in [0.717, 1.165) is 9.75 Å². The van der Waals surface area contributed by atoms with Gasteiger partial charge in [0.15, 0.2) is 0 Å². The van der Waals surface area contributed by atoms with E-state index in [-0.39, 0.29) is 17.9 Å². The number of carbonyl (C=O) groups excluding carboxylic acids is 2. The van der Waals surface area contributed by atoms with Crippen LogP contribution in [0.2, 0.25) is 0 Å². The van der Waals surface area contributed by atoms with Crippen LogP contribution < -0.4 is 0 Å². The number of likely N-dealkylation sites (tertiary alicyclic amines) is 1. The quantitative estimate of drug-likeness (QED) is 0.397. The Labute approximate surface area is 162 Å². The summed E-state index contributed by atoms with van der Waals surface area (Å²) in [5.41, 5.74) is 0.331. The summed E-state index contributed by atoms with van der Waals surface area (Å²) >= 11 is 2.91. The summed E-state index contributed by atoms with van der Waals surface area (Å²) in [6, 6.07) is 12.0. The monoisotopic (exact) mass is 399 g/mol. The van der Waals surface area contributed by atoms with Gasteiger partial charge in [-0.05, 0) is 47.2 Å². The van der Waals surface area contributed by atoms with Crippen LogP contribution in [0.1, 0.15) is 21.4 Å². The van der Waals surface area contributed by atoms with E-state index in [1.54, 1.807) is 0 Å². The average molecular weight is 399 g/mol. The van der Waals surface area contributed by atoms with Crippen LogP contribution in [0, 0.1) is 5.82 Å². The Kier molecular flexibility index (Phi) is 4.63. The molecule has 1 fully saturated rings. The molecule has 1 saturated heterocycles. The summed E-state index contributed by atoms with van der Waals surface area (Å²) in [5, 5.41) is 14.5. The van der Waals surface area contributed by atoms with Crippen molar-refractivity contribution < 1.29 is 19.1 Å². The molecule has 136 valence electrons. The van der Waals surface area contributed by atoms with E-state index in [4.69, 9.17) is 0 Å². The molecule has 3 heterocycles. The van der Waals surface area contributed by atoms with Crippen molar-refractivity contribution in [2.75, 3.05) is 0 Å². The number of thiophene rings is 2. The lowest BCUT2D eigenvalue weighted by molar-refractivity contribution is -0.140. The molecule has 1 aliphatic rings. The second-order valence-electron chi connectivity index (χ2n) is 6.03. The highest BCUT2D eigenvalue weighted by Gasteiger charge is 2.46. The highest BCUT2D eigenvalue weighted by molar-refractivity contribution is 7.10. The smallest absolute Gasteiger partial charge is 0.296 e. The minimum absolute atomic E-state index is 0.0330. The van der Waals surface area contributed by atoms with Gasteiger partial charge in [0.2, 0.25) is 0 Å². The van der Waals surface area contributed by atoms with Gasteiger partial charge >= 0.3 is 0 Å². The predicted molar refractivity (Wildman–Crippen MR) is 103 cm³/mol. The summed E-state index contributed by atoms with van der Waals surface area (Å²) in [6.45, 7) is 0.283. The summed E-state index contributed by atoms with van der Waals surface area (Å²) in [7, 11) is 0. The summed E-state index contributed by atoms with van der Waals surface area (Å²) in [6.07, 6.45) is 0. The third-order valence-corrected chi connectivity index (χ3v) is 6.16. The van der Waals surface area contributed by atoms with Gasteiger partial charge in [-0.15, -0.1) is 22.7 Å². The Hall–Kier alpha value is -2.77. The number of Topliss-reactive ketones (excluding diaryl/α,β-unsaturated/α-hetero) is 1. The zero-order valence-corrected chi connectivity index (χ0v) is 15.6. The van der Waals surface area contributed by atoms with Crippen molar-refractivity contribution >= 4 is 40.1 Å². The van der Waals surface area contributed by atoms with Crippen molar-refractivity contribution in [2.24, 2.45) is 0 Å². The molecule has 0 radical (unpaired) electrons. The number of aliphatic hydroxyl groups excluding tert-OH is 1. The SMILES string of the molecule is O=C1C(=O)N(Cc2cccs2)C(c2cccs2)/C1=C(/O)c1ccc(F)cc1. The number of rotatable bonds is 4. The normalized spacial score (nSPS) is 19.0. The van der Waals surface area contributed by atoms with Crippen LogP contribution in [-0.4, -0.2) is 21.7 Å². The Bertz CT molecular complexity index is 1010. The standard InChI is InChI=1S/C20H14FNO3S2/c21-13-7-5-12(6-8-13)18(23)16-17(15-4-2-10-27-15)22(20(25)19(16)24)11-14-3-1-9-26-14/h1-10,17,23H,11H2/b18-16-. The molecule has 1 atom stereocenters. The molecule has 0 spiro atoms. The van der Waals surface area contributed by atoms with Crippen molar-refractivity contribution in [3.63, 3.8) is 0 Å². The first-order valence-corrected chi connectivity index (χ1v) is 9.92. The van der Waals surface area contributed by atoms with E-state index in [9.17, 15) is 19.1 Å². The minimum atomic E-state index is -0.730. The van der Waals surface area contributed by atoms with Gasteiger partial charge in [0, 0.05) is 15.3 Å². The number of nitrogens with zero attached hydrogens (tertiary/aromatic N) is 1. The maximum atomic E-state index is 13.2. The number of halogens is 1. The number of hydrogen-bond acceptors (Lipinski definition) is 5. The van der Waals surface area contributed by atoms with E-state index in [0.29, 0.717) is 5.56 Å². The van der Waals surface area contributed by atoms with Crippen molar-refractivity contribution in [1.82, 2.24) is 4.90 Å². The molecular formula is C20H14FNO3S2. The lowest BCUT2D eigenvalue weighted by Gasteiger charge is -2.23. The molecular weight excluding hydrogens is 385 g/mol. The Morgan fingerprint density at radius 1 is 1.04 bits per heavy atom. The second kappa shape index (κ2) is 7.09. The van der Waals surface area contributed by atoms with Gasteiger partial charge in [0.1, 0.15) is 17.6 Å². The molecule has 1 amide bonds. The first-order chi connectivity index (χ1) is 13.1. The van der Waals surface area contributed by atoms with Crippen LogP contribution in [0.3, 0.4) is 0 Å². The number of aliphatic hydroxyl groups is 1. The van der Waals surface area contributed by atoms with E-state index in [1.807, 2.05) is 35.0 Å². The van der Waals surface area contributed by atoms with Gasteiger partial charge < -0.3 is 10.0 Å². The van der Waals surface area contributed by atoms with Gasteiger partial charge in [-0.1, -0.05) is 12.1 Å². The van der Waals surface area contributed by atoms with Crippen LogP contribution >= 0.6 is 22.7 Å². The molecule has 4 rings (SSSR count). The largest absolute Gasteiger partial charge is 0.507 e. The van der Waals surface area contributed by atoms with Crippen LogP contribution in [0.4, 0.5) is 4.39 Å². The molecule has 4 nitrogen and oxygen atoms in total. The number of amides is 1. The number of benzene rings is 1. The third-order valence-electron chi connectivity index (χ3n) is 4.38. The first kappa shape index (κ1) is 17.6. The summed E-state index contributed by atoms with van der Waals surface area (Å²) < 4.78 is 13.2. The zero-order valence-electron chi connectivity index (χ0n) is 14.0. The highest BCUT2D eigenvalue weighted by Crippen LogP contribution is 2.42. The summed E-state index contributed by atoms with van der Waals surface area (Å²) in [5.74, 6) is -2.11. The molecule has 1 aliphatic heterocycles. The molecule has 7 heteroatoms. The van der Waals surface area contributed by atoms with Crippen LogP contribution in [0.15, 0.2) is 64.9 Å². The molecule has 27 heavy (non-hydrogen) atoms. The number of ketones is 1. The second-order valence-corrected chi connectivity index (χ2v) is 8.04. The minimum Gasteiger partial charge on any atom is -0.507 e. The molecule has 0 aliphatic carbocycles. The molecule has 1 aromatic carbocycles. The predicted octanol–water partition coefficient (Wildman–Crippen LogP) is 4.57. The Balaban J connectivity index is 1.83. The van der Waals surface area contributed by atoms with E-state index in [1.165, 1.54) is 51.8 Å². The van der Waals surface area contributed by atoms with Crippen LogP contribution in [0.5, 0.6) is 0 Å². The fourth-order valence-corrected chi connectivity index (χ4v) is 4.67. The average Bonchev–Trinajstić information content (AvgIpc) is 3.40. The molecule has 2 aromatic heterocycles. The van der Waals surface area contributed by atoms with Crippen molar-refractivity contribution in [2.45, 2.75) is 12.6 Å². The fraction of sp³-hybridized carbons (Fsp3) is 0.100. The maximum Gasteiger partial charge on any atom is 0.296 e. The van der Waals surface area contributed by atoms with Gasteiger partial charge in [-0.25, -0.2) is 4.39 Å². The lowest BCUT2D eigenvalue weighted by Crippen LogP contribution is -2.28. The van der Waals surface area contributed by atoms with Crippen LogP contribution in [0.25, 0.3) is 5.76 Å². The zero-order chi connectivity index (χ0) is 19.0. The molecule has 3 aromatic rings. The van der Waals surface area contributed by atoms with Crippen molar-refractivity contribution in [3.05, 3.63) is 86.0 Å². The molecule has 1 unspecified atom stereocenters. The van der Waals surface area contributed by atoms with Gasteiger partial charge in [-0.2, -0.15) is 0 Å². The van der Waals surface area contributed by atoms with Crippen molar-refractivity contribution in [1.29, 1.82) is 0 Å². The summed E-state index contributed by atoms with van der Waals surface area (Å²) in [4.78, 5) is 28.7. The van der Waals surface area contributed by atoms with Gasteiger partial charge in [-0.3, -0.25) is 9.59 Å². The van der Waals surface area contributed by atoms with E-state index in [2.05, 4.69) is 0 Å². The topological polar surface area (TPSA) is 57.6 Å². The van der Waals surface area contributed by atoms with E-state index < -0.39 is 23.5 Å². The molecule has 1 N–H and O–H groups in total. The fourth-order valence-electron chi connectivity index (χ4n) is 3.12. The maximum absolute atomic E-state index is 13.2. The van der Waals surface area contributed by atoms with Crippen LogP contribution in [-0.2, 0) is 16.1 Å². The van der Waals surface area contributed by atoms with E-state index >= 15 is 0 Å². The number of carbonyl (C=O) groups is 2. The van der Waals surface area contributed by atoms with Crippen molar-refractivity contribution in [3.8, 4) is 0 Å². The lowest BCUT2D eigenvalue weighted by atomic mass is 10.00. The van der Waals surface area contributed by atoms with Gasteiger partial charge in [0.25, 0.3) is 11.7 Å². The Morgan fingerprint density at radius 3 is 2.37 bits per heavy atom. The molecule has 0 saturated carbocycles.